The summed E-state index contributed by atoms with van der Waals surface area (Å²) in [5, 5.41) is 0. The molecule has 0 radical (unpaired) electrons. The number of carbonyl (C=O) groups is 1. The largest absolute Gasteiger partial charge is 0.377 e. The Kier molecular flexibility index (Phi) is 6.47. The van der Waals surface area contributed by atoms with Crippen molar-refractivity contribution < 1.29 is 17.9 Å². The van der Waals surface area contributed by atoms with Crippen molar-refractivity contribution in [2.45, 2.75) is 70.4 Å². The maximum absolute atomic E-state index is 13.5. The fourth-order valence-corrected chi connectivity index (χ4v) is 6.75. The number of sulfonamides is 1. The van der Waals surface area contributed by atoms with Crippen molar-refractivity contribution in [1.29, 1.82) is 0 Å². The average molecular weight is 409 g/mol. The molecule has 2 aliphatic heterocycles. The van der Waals surface area contributed by atoms with Crippen LogP contribution in [0.2, 0.25) is 0 Å². The van der Waals surface area contributed by atoms with Gasteiger partial charge in [-0.15, -0.1) is 0 Å². The van der Waals surface area contributed by atoms with E-state index in [0.717, 1.165) is 29.5 Å². The molecule has 0 saturated carbocycles. The van der Waals surface area contributed by atoms with Gasteiger partial charge in [0, 0.05) is 26.2 Å². The van der Waals surface area contributed by atoms with Crippen LogP contribution >= 0.6 is 0 Å². The Balaban J connectivity index is 1.85. The Morgan fingerprint density at radius 2 is 1.75 bits per heavy atom. The van der Waals surface area contributed by atoms with E-state index in [2.05, 4.69) is 0 Å². The lowest BCUT2D eigenvalue weighted by atomic mass is 10.1. The molecule has 0 aliphatic carbocycles. The number of likely N-dealkylation sites (tertiary alicyclic amines) is 1. The molecule has 0 aromatic heterocycles. The Morgan fingerprint density at radius 3 is 2.39 bits per heavy atom. The van der Waals surface area contributed by atoms with Crippen molar-refractivity contribution in [2.75, 3.05) is 26.2 Å². The lowest BCUT2D eigenvalue weighted by molar-refractivity contribution is -0.138. The maximum atomic E-state index is 13.5. The highest BCUT2D eigenvalue weighted by molar-refractivity contribution is 7.89. The number of rotatable bonds is 5. The minimum Gasteiger partial charge on any atom is -0.377 e. The number of aryl methyl sites for hydroxylation is 3. The average Bonchev–Trinajstić information content (AvgIpc) is 3.11. The molecule has 0 spiro atoms. The summed E-state index contributed by atoms with van der Waals surface area (Å²) in [6.07, 6.45) is 3.19. The molecule has 2 atom stereocenters. The van der Waals surface area contributed by atoms with E-state index in [0.29, 0.717) is 44.0 Å². The molecule has 0 bridgehead atoms. The molecule has 28 heavy (non-hydrogen) atoms. The normalized spacial score (nSPS) is 23.9. The van der Waals surface area contributed by atoms with Gasteiger partial charge in [-0.3, -0.25) is 4.79 Å². The van der Waals surface area contributed by atoms with Gasteiger partial charge in [-0.2, -0.15) is 4.31 Å². The van der Waals surface area contributed by atoms with Crippen LogP contribution in [0.4, 0.5) is 0 Å². The molecule has 6 nitrogen and oxygen atoms in total. The number of benzene rings is 1. The van der Waals surface area contributed by atoms with Crippen molar-refractivity contribution in [3.8, 4) is 0 Å². The first-order chi connectivity index (χ1) is 13.3. The standard InChI is InChI=1S/C21H32N2O4S/c1-5-27-18-8-6-10-22(14-18)21(24)19-9-7-11-23(19)28(25,26)20-16(3)12-15(2)13-17(20)4/h12-13,18-19H,5-11,14H2,1-4H3. The molecule has 2 saturated heterocycles. The van der Waals surface area contributed by atoms with E-state index in [1.54, 1.807) is 4.90 Å². The van der Waals surface area contributed by atoms with Crippen LogP contribution in [-0.4, -0.2) is 61.9 Å². The first kappa shape index (κ1) is 21.3. The molecule has 156 valence electrons. The van der Waals surface area contributed by atoms with E-state index in [-0.39, 0.29) is 12.0 Å². The first-order valence-electron chi connectivity index (χ1n) is 10.3. The maximum Gasteiger partial charge on any atom is 0.244 e. The van der Waals surface area contributed by atoms with Crippen molar-refractivity contribution in [3.63, 3.8) is 0 Å². The second kappa shape index (κ2) is 8.51. The molecule has 0 N–H and O–H groups in total. The zero-order chi connectivity index (χ0) is 20.5. The number of nitrogens with zero attached hydrogens (tertiary/aromatic N) is 2. The minimum absolute atomic E-state index is 0.0516. The summed E-state index contributed by atoms with van der Waals surface area (Å²) in [5.74, 6) is -0.0760. The van der Waals surface area contributed by atoms with Gasteiger partial charge >= 0.3 is 0 Å². The van der Waals surface area contributed by atoms with Crippen molar-refractivity contribution in [1.82, 2.24) is 9.21 Å². The summed E-state index contributed by atoms with van der Waals surface area (Å²) in [5.41, 5.74) is 2.52. The number of hydrogen-bond donors (Lipinski definition) is 0. The van der Waals surface area contributed by atoms with Crippen LogP contribution in [0.1, 0.15) is 49.3 Å². The summed E-state index contributed by atoms with van der Waals surface area (Å²) in [4.78, 5) is 15.4. The van der Waals surface area contributed by atoms with Crippen LogP contribution in [0, 0.1) is 20.8 Å². The van der Waals surface area contributed by atoms with Gasteiger partial charge < -0.3 is 9.64 Å². The summed E-state index contributed by atoms with van der Waals surface area (Å²) in [6, 6.07) is 3.18. The number of amides is 1. The van der Waals surface area contributed by atoms with Gasteiger partial charge in [0.25, 0.3) is 0 Å². The summed E-state index contributed by atoms with van der Waals surface area (Å²) in [6.45, 7) is 9.84. The second-order valence-corrected chi connectivity index (χ2v) is 9.83. The highest BCUT2D eigenvalue weighted by Crippen LogP contribution is 2.32. The molecule has 1 aromatic rings. The lowest BCUT2D eigenvalue weighted by Crippen LogP contribution is -2.51. The van der Waals surface area contributed by atoms with Gasteiger partial charge in [-0.05, 0) is 64.5 Å². The summed E-state index contributed by atoms with van der Waals surface area (Å²) >= 11 is 0. The third kappa shape index (κ3) is 4.11. The Hall–Kier alpha value is -1.44. The molecular weight excluding hydrogens is 376 g/mol. The molecule has 2 heterocycles. The predicted octanol–water partition coefficient (Wildman–Crippen LogP) is 2.79. The number of piperidine rings is 1. The molecule has 2 aliphatic rings. The Morgan fingerprint density at radius 1 is 1.11 bits per heavy atom. The topological polar surface area (TPSA) is 66.9 Å². The van der Waals surface area contributed by atoms with Crippen LogP contribution in [-0.2, 0) is 19.6 Å². The van der Waals surface area contributed by atoms with Crippen molar-refractivity contribution in [2.24, 2.45) is 0 Å². The predicted molar refractivity (Wildman–Crippen MR) is 109 cm³/mol. The molecule has 7 heteroatoms. The minimum atomic E-state index is -3.72. The van der Waals surface area contributed by atoms with Crippen LogP contribution in [0.15, 0.2) is 17.0 Å². The van der Waals surface area contributed by atoms with E-state index in [9.17, 15) is 13.2 Å². The SMILES string of the molecule is CCOC1CCCN(C(=O)C2CCCN2S(=O)(=O)c2c(C)cc(C)cc2C)C1. The van der Waals surface area contributed by atoms with E-state index in [1.807, 2.05) is 39.8 Å². The molecular formula is C21H32N2O4S. The number of carbonyl (C=O) groups excluding carboxylic acids is 1. The fourth-order valence-electron chi connectivity index (χ4n) is 4.69. The van der Waals surface area contributed by atoms with Gasteiger partial charge in [-0.25, -0.2) is 8.42 Å². The molecule has 2 unspecified atom stereocenters. The van der Waals surface area contributed by atoms with Gasteiger partial charge in [0.1, 0.15) is 6.04 Å². The van der Waals surface area contributed by atoms with Gasteiger partial charge in [0.05, 0.1) is 11.0 Å². The third-order valence-corrected chi connectivity index (χ3v) is 7.97. The van der Waals surface area contributed by atoms with Crippen molar-refractivity contribution >= 4 is 15.9 Å². The van der Waals surface area contributed by atoms with Gasteiger partial charge in [0.15, 0.2) is 0 Å². The zero-order valence-electron chi connectivity index (χ0n) is 17.4. The van der Waals surface area contributed by atoms with Gasteiger partial charge in [-0.1, -0.05) is 17.7 Å². The summed E-state index contributed by atoms with van der Waals surface area (Å²) in [7, 11) is -3.72. The van der Waals surface area contributed by atoms with E-state index < -0.39 is 16.1 Å². The molecule has 3 rings (SSSR count). The molecule has 1 aromatic carbocycles. The van der Waals surface area contributed by atoms with Crippen LogP contribution in [0.3, 0.4) is 0 Å². The summed E-state index contributed by atoms with van der Waals surface area (Å²) < 4.78 is 34.1. The smallest absolute Gasteiger partial charge is 0.244 e. The van der Waals surface area contributed by atoms with Gasteiger partial charge in [0.2, 0.25) is 15.9 Å². The zero-order valence-corrected chi connectivity index (χ0v) is 18.2. The van der Waals surface area contributed by atoms with E-state index >= 15 is 0 Å². The number of hydrogen-bond acceptors (Lipinski definition) is 4. The highest BCUT2D eigenvalue weighted by Gasteiger charge is 2.42. The first-order valence-corrected chi connectivity index (χ1v) is 11.7. The van der Waals surface area contributed by atoms with Crippen molar-refractivity contribution in [3.05, 3.63) is 28.8 Å². The number of ether oxygens (including phenoxy) is 1. The second-order valence-electron chi connectivity index (χ2n) is 8.01. The third-order valence-electron chi connectivity index (χ3n) is 5.75. The fraction of sp³-hybridized carbons (Fsp3) is 0.667. The molecule has 1 amide bonds. The van der Waals surface area contributed by atoms with Crippen LogP contribution < -0.4 is 0 Å². The highest BCUT2D eigenvalue weighted by atomic mass is 32.2. The van der Waals surface area contributed by atoms with Crippen LogP contribution in [0.5, 0.6) is 0 Å². The van der Waals surface area contributed by atoms with Crippen LogP contribution in [0.25, 0.3) is 0 Å². The van der Waals surface area contributed by atoms with E-state index in [1.165, 1.54) is 4.31 Å². The molecule has 2 fully saturated rings. The monoisotopic (exact) mass is 408 g/mol. The lowest BCUT2D eigenvalue weighted by Gasteiger charge is -2.35. The Bertz CT molecular complexity index is 812. The quantitative estimate of drug-likeness (QED) is 0.751. The van der Waals surface area contributed by atoms with E-state index in [4.69, 9.17) is 4.74 Å². The Labute approximate surface area is 168 Å².